The van der Waals surface area contributed by atoms with Crippen LogP contribution in [0.5, 0.6) is 0 Å². The molecule has 1 unspecified atom stereocenters. The van der Waals surface area contributed by atoms with E-state index in [4.69, 9.17) is 11.6 Å². The SMILES string of the molecule is CC1CCCN(c2cc(Cl)ccc2CNC(C)(C)C)CC1. The van der Waals surface area contributed by atoms with Crippen LogP contribution in [-0.2, 0) is 6.54 Å². The van der Waals surface area contributed by atoms with Crippen LogP contribution in [0.4, 0.5) is 5.69 Å². The summed E-state index contributed by atoms with van der Waals surface area (Å²) in [5, 5.41) is 4.43. The largest absolute Gasteiger partial charge is 0.371 e. The van der Waals surface area contributed by atoms with Gasteiger partial charge in [-0.05, 0) is 63.6 Å². The molecule has 1 fully saturated rings. The lowest BCUT2D eigenvalue weighted by Crippen LogP contribution is -2.36. The molecule has 0 saturated carbocycles. The van der Waals surface area contributed by atoms with Crippen LogP contribution in [-0.4, -0.2) is 18.6 Å². The highest BCUT2D eigenvalue weighted by Gasteiger charge is 2.18. The normalized spacial score (nSPS) is 20.4. The minimum Gasteiger partial charge on any atom is -0.371 e. The standard InChI is InChI=1S/C18H29ClN2/c1-14-6-5-10-21(11-9-14)17-12-16(19)8-7-15(17)13-20-18(2,3)4/h7-8,12,14,20H,5-6,9-11,13H2,1-4H3. The van der Waals surface area contributed by atoms with Gasteiger partial charge in [-0.1, -0.05) is 24.6 Å². The van der Waals surface area contributed by atoms with Gasteiger partial charge in [0.2, 0.25) is 0 Å². The summed E-state index contributed by atoms with van der Waals surface area (Å²) in [6, 6.07) is 6.31. The summed E-state index contributed by atoms with van der Waals surface area (Å²) in [5.41, 5.74) is 2.79. The minimum absolute atomic E-state index is 0.129. The first-order valence-corrected chi connectivity index (χ1v) is 8.51. The fourth-order valence-corrected chi connectivity index (χ4v) is 3.01. The van der Waals surface area contributed by atoms with Gasteiger partial charge in [-0.2, -0.15) is 0 Å². The Kier molecular flexibility index (Phi) is 5.56. The van der Waals surface area contributed by atoms with E-state index >= 15 is 0 Å². The fourth-order valence-electron chi connectivity index (χ4n) is 2.85. The Morgan fingerprint density at radius 2 is 2.00 bits per heavy atom. The maximum atomic E-state index is 6.25. The maximum absolute atomic E-state index is 6.25. The van der Waals surface area contributed by atoms with Gasteiger partial charge in [0.1, 0.15) is 0 Å². The van der Waals surface area contributed by atoms with E-state index in [9.17, 15) is 0 Å². The molecule has 1 N–H and O–H groups in total. The predicted molar refractivity (Wildman–Crippen MR) is 93.3 cm³/mol. The first-order valence-electron chi connectivity index (χ1n) is 8.13. The number of nitrogens with one attached hydrogen (secondary N) is 1. The van der Waals surface area contributed by atoms with Crippen molar-refractivity contribution in [2.75, 3.05) is 18.0 Å². The molecule has 0 amide bonds. The molecule has 0 bridgehead atoms. The molecular weight excluding hydrogens is 280 g/mol. The first kappa shape index (κ1) is 16.6. The van der Waals surface area contributed by atoms with Crippen molar-refractivity contribution < 1.29 is 0 Å². The zero-order valence-electron chi connectivity index (χ0n) is 13.9. The third-order valence-electron chi connectivity index (χ3n) is 4.21. The van der Waals surface area contributed by atoms with Crippen LogP contribution >= 0.6 is 11.6 Å². The quantitative estimate of drug-likeness (QED) is 0.858. The average Bonchev–Trinajstić information content (AvgIpc) is 2.61. The summed E-state index contributed by atoms with van der Waals surface area (Å²) >= 11 is 6.25. The summed E-state index contributed by atoms with van der Waals surface area (Å²) in [4.78, 5) is 2.52. The molecule has 2 rings (SSSR count). The average molecular weight is 309 g/mol. The lowest BCUT2D eigenvalue weighted by atomic mass is 10.0. The van der Waals surface area contributed by atoms with Crippen molar-refractivity contribution in [3.8, 4) is 0 Å². The summed E-state index contributed by atoms with van der Waals surface area (Å²) in [6.07, 6.45) is 3.89. The van der Waals surface area contributed by atoms with Crippen molar-refractivity contribution in [2.45, 2.75) is 59.0 Å². The number of nitrogens with zero attached hydrogens (tertiary/aromatic N) is 1. The molecule has 3 heteroatoms. The Balaban J connectivity index is 2.18. The Morgan fingerprint density at radius 3 is 2.71 bits per heavy atom. The van der Waals surface area contributed by atoms with Gasteiger partial charge < -0.3 is 10.2 Å². The molecule has 1 aromatic carbocycles. The Labute approximate surface area is 134 Å². The Bertz CT molecular complexity index is 465. The van der Waals surface area contributed by atoms with Crippen LogP contribution in [0.15, 0.2) is 18.2 Å². The number of hydrogen-bond acceptors (Lipinski definition) is 2. The van der Waals surface area contributed by atoms with E-state index in [-0.39, 0.29) is 5.54 Å². The number of halogens is 1. The molecule has 0 aliphatic carbocycles. The number of hydrogen-bond donors (Lipinski definition) is 1. The van der Waals surface area contributed by atoms with E-state index in [1.807, 2.05) is 6.07 Å². The van der Waals surface area contributed by atoms with Crippen molar-refractivity contribution in [3.63, 3.8) is 0 Å². The van der Waals surface area contributed by atoms with Gasteiger partial charge in [0.05, 0.1) is 0 Å². The number of rotatable bonds is 3. The minimum atomic E-state index is 0.129. The van der Waals surface area contributed by atoms with Gasteiger partial charge in [0.15, 0.2) is 0 Å². The van der Waals surface area contributed by atoms with Gasteiger partial charge in [0, 0.05) is 35.9 Å². The summed E-state index contributed by atoms with van der Waals surface area (Å²) in [5.74, 6) is 0.838. The van der Waals surface area contributed by atoms with E-state index in [2.05, 4.69) is 50.0 Å². The molecule has 0 aromatic heterocycles. The highest BCUT2D eigenvalue weighted by atomic mass is 35.5. The van der Waals surface area contributed by atoms with E-state index < -0.39 is 0 Å². The van der Waals surface area contributed by atoms with Gasteiger partial charge in [-0.3, -0.25) is 0 Å². The van der Waals surface area contributed by atoms with Gasteiger partial charge in [-0.25, -0.2) is 0 Å². The highest BCUT2D eigenvalue weighted by Crippen LogP contribution is 2.28. The van der Waals surface area contributed by atoms with Crippen molar-refractivity contribution >= 4 is 17.3 Å². The zero-order chi connectivity index (χ0) is 15.5. The molecule has 0 spiro atoms. The highest BCUT2D eigenvalue weighted by molar-refractivity contribution is 6.30. The third kappa shape index (κ3) is 5.19. The van der Waals surface area contributed by atoms with Crippen LogP contribution in [0.1, 0.15) is 52.5 Å². The summed E-state index contributed by atoms with van der Waals surface area (Å²) < 4.78 is 0. The van der Waals surface area contributed by atoms with Gasteiger partial charge in [-0.15, -0.1) is 0 Å². The lowest BCUT2D eigenvalue weighted by molar-refractivity contribution is 0.424. The monoisotopic (exact) mass is 308 g/mol. The Morgan fingerprint density at radius 1 is 1.24 bits per heavy atom. The van der Waals surface area contributed by atoms with E-state index in [0.717, 1.165) is 30.6 Å². The first-order chi connectivity index (χ1) is 9.85. The van der Waals surface area contributed by atoms with E-state index in [0.29, 0.717) is 0 Å². The van der Waals surface area contributed by atoms with Crippen molar-refractivity contribution in [3.05, 3.63) is 28.8 Å². The van der Waals surface area contributed by atoms with Crippen LogP contribution < -0.4 is 10.2 Å². The number of anilines is 1. The molecule has 1 aromatic rings. The predicted octanol–water partition coefficient (Wildman–Crippen LogP) is 4.85. The van der Waals surface area contributed by atoms with Crippen molar-refractivity contribution in [1.29, 1.82) is 0 Å². The fraction of sp³-hybridized carbons (Fsp3) is 0.667. The smallest absolute Gasteiger partial charge is 0.0426 e. The summed E-state index contributed by atoms with van der Waals surface area (Å²) in [7, 11) is 0. The topological polar surface area (TPSA) is 15.3 Å². The molecule has 1 atom stereocenters. The molecular formula is C18H29ClN2. The second-order valence-corrected chi connectivity index (χ2v) is 7.84. The molecule has 1 heterocycles. The summed E-state index contributed by atoms with van der Waals surface area (Å²) in [6.45, 7) is 12.2. The molecule has 0 radical (unpaired) electrons. The molecule has 1 aliphatic heterocycles. The lowest BCUT2D eigenvalue weighted by Gasteiger charge is -2.28. The molecule has 1 saturated heterocycles. The second kappa shape index (κ2) is 7.02. The third-order valence-corrected chi connectivity index (χ3v) is 4.45. The van der Waals surface area contributed by atoms with E-state index in [1.165, 1.54) is 30.5 Å². The Hall–Kier alpha value is -0.730. The molecule has 118 valence electrons. The van der Waals surface area contributed by atoms with Gasteiger partial charge in [0.25, 0.3) is 0 Å². The van der Waals surface area contributed by atoms with Gasteiger partial charge >= 0.3 is 0 Å². The molecule has 2 nitrogen and oxygen atoms in total. The molecule has 21 heavy (non-hydrogen) atoms. The van der Waals surface area contributed by atoms with Crippen molar-refractivity contribution in [1.82, 2.24) is 5.32 Å². The maximum Gasteiger partial charge on any atom is 0.0426 e. The van der Waals surface area contributed by atoms with E-state index in [1.54, 1.807) is 0 Å². The van der Waals surface area contributed by atoms with Crippen LogP contribution in [0.3, 0.4) is 0 Å². The zero-order valence-corrected chi connectivity index (χ0v) is 14.6. The van der Waals surface area contributed by atoms with Crippen LogP contribution in [0, 0.1) is 5.92 Å². The van der Waals surface area contributed by atoms with Crippen molar-refractivity contribution in [2.24, 2.45) is 5.92 Å². The number of benzene rings is 1. The second-order valence-electron chi connectivity index (χ2n) is 7.40. The van der Waals surface area contributed by atoms with Crippen LogP contribution in [0.2, 0.25) is 5.02 Å². The molecule has 1 aliphatic rings. The van der Waals surface area contributed by atoms with Crippen LogP contribution in [0.25, 0.3) is 0 Å².